The van der Waals surface area contributed by atoms with Crippen molar-refractivity contribution < 1.29 is 4.42 Å². The number of hydrogen-bond acceptors (Lipinski definition) is 5. The molecular formula is C12H10N4O. The van der Waals surface area contributed by atoms with Gasteiger partial charge in [0.2, 0.25) is 11.8 Å². The number of aromatic nitrogens is 3. The molecule has 0 radical (unpaired) electrons. The number of nitrogen functional groups attached to an aromatic ring is 1. The molecule has 2 heterocycles. The topological polar surface area (TPSA) is 77.8 Å². The van der Waals surface area contributed by atoms with Gasteiger partial charge in [-0.25, -0.2) is 15.0 Å². The van der Waals surface area contributed by atoms with Crippen molar-refractivity contribution in [2.75, 3.05) is 5.73 Å². The Morgan fingerprint density at radius 2 is 1.94 bits per heavy atom. The largest absolute Gasteiger partial charge is 0.436 e. The van der Waals surface area contributed by atoms with E-state index in [1.807, 2.05) is 25.1 Å². The second-order valence-electron chi connectivity index (χ2n) is 3.82. The number of fused-ring (bicyclic) bond motifs is 1. The summed E-state index contributed by atoms with van der Waals surface area (Å²) in [5, 5.41) is 0. The van der Waals surface area contributed by atoms with Crippen LogP contribution in [0.25, 0.3) is 22.6 Å². The Morgan fingerprint density at radius 1 is 1.18 bits per heavy atom. The fourth-order valence-electron chi connectivity index (χ4n) is 1.60. The smallest absolute Gasteiger partial charge is 0.230 e. The summed E-state index contributed by atoms with van der Waals surface area (Å²) in [6, 6.07) is 5.87. The Bertz CT molecular complexity index is 673. The van der Waals surface area contributed by atoms with Gasteiger partial charge in [-0.2, -0.15) is 0 Å². The number of hydrogen-bond donors (Lipinski definition) is 1. The van der Waals surface area contributed by atoms with Crippen molar-refractivity contribution in [3.8, 4) is 11.5 Å². The van der Waals surface area contributed by atoms with Gasteiger partial charge in [-0.3, -0.25) is 0 Å². The van der Waals surface area contributed by atoms with Gasteiger partial charge in [0, 0.05) is 12.4 Å². The molecule has 3 rings (SSSR count). The predicted octanol–water partition coefficient (Wildman–Crippen LogP) is 2.18. The monoisotopic (exact) mass is 226 g/mol. The first kappa shape index (κ1) is 9.77. The van der Waals surface area contributed by atoms with Gasteiger partial charge >= 0.3 is 0 Å². The van der Waals surface area contributed by atoms with Crippen LogP contribution in [0.3, 0.4) is 0 Å². The van der Waals surface area contributed by atoms with Crippen molar-refractivity contribution >= 4 is 17.0 Å². The van der Waals surface area contributed by atoms with Gasteiger partial charge in [0.1, 0.15) is 5.52 Å². The van der Waals surface area contributed by atoms with E-state index < -0.39 is 0 Å². The molecule has 0 saturated heterocycles. The van der Waals surface area contributed by atoms with Crippen molar-refractivity contribution in [3.63, 3.8) is 0 Å². The number of nitrogens with two attached hydrogens (primary N) is 1. The van der Waals surface area contributed by atoms with E-state index in [2.05, 4.69) is 15.0 Å². The summed E-state index contributed by atoms with van der Waals surface area (Å²) >= 11 is 0. The molecule has 0 aliphatic rings. The molecule has 0 fully saturated rings. The van der Waals surface area contributed by atoms with Crippen molar-refractivity contribution in [3.05, 3.63) is 36.2 Å². The highest BCUT2D eigenvalue weighted by molar-refractivity contribution is 5.76. The minimum Gasteiger partial charge on any atom is -0.436 e. The molecule has 5 nitrogen and oxygen atoms in total. The molecule has 0 amide bonds. The van der Waals surface area contributed by atoms with Crippen LogP contribution in [-0.2, 0) is 0 Å². The van der Waals surface area contributed by atoms with E-state index in [-0.39, 0.29) is 5.95 Å². The molecule has 0 bridgehead atoms. The second-order valence-corrected chi connectivity index (χ2v) is 3.82. The second kappa shape index (κ2) is 3.55. The summed E-state index contributed by atoms with van der Waals surface area (Å²) in [6.07, 6.45) is 3.19. The summed E-state index contributed by atoms with van der Waals surface area (Å²) in [7, 11) is 0. The highest BCUT2D eigenvalue weighted by Crippen LogP contribution is 2.23. The number of nitrogens with zero attached hydrogens (tertiary/aromatic N) is 3. The Balaban J connectivity index is 2.14. The quantitative estimate of drug-likeness (QED) is 0.688. The van der Waals surface area contributed by atoms with E-state index in [0.29, 0.717) is 11.5 Å². The summed E-state index contributed by atoms with van der Waals surface area (Å²) in [4.78, 5) is 12.2. The molecule has 0 aliphatic carbocycles. The number of anilines is 1. The van der Waals surface area contributed by atoms with Crippen LogP contribution in [0.15, 0.2) is 35.0 Å². The number of aryl methyl sites for hydroxylation is 1. The summed E-state index contributed by atoms with van der Waals surface area (Å²) < 4.78 is 5.64. The highest BCUT2D eigenvalue weighted by Gasteiger charge is 2.08. The molecule has 2 aromatic heterocycles. The Morgan fingerprint density at radius 3 is 2.71 bits per heavy atom. The summed E-state index contributed by atoms with van der Waals surface area (Å²) in [5.74, 6) is 0.742. The summed E-state index contributed by atoms with van der Waals surface area (Å²) in [5.41, 5.74) is 8.86. The lowest BCUT2D eigenvalue weighted by molar-refractivity contribution is 0.619. The fourth-order valence-corrected chi connectivity index (χ4v) is 1.60. The van der Waals surface area contributed by atoms with Gasteiger partial charge in [-0.1, -0.05) is 6.07 Å². The Kier molecular flexibility index (Phi) is 2.04. The average molecular weight is 226 g/mol. The molecule has 0 aliphatic heterocycles. The number of oxazole rings is 1. The standard InChI is InChI=1S/C12H10N4O/c1-7-2-3-9-10(4-7)17-11(16-9)8-5-14-12(13)15-6-8/h2-6H,1H3,(H2,13,14,15). The van der Waals surface area contributed by atoms with Crippen molar-refractivity contribution in [2.45, 2.75) is 6.92 Å². The number of rotatable bonds is 1. The van der Waals surface area contributed by atoms with E-state index in [1.54, 1.807) is 12.4 Å². The van der Waals surface area contributed by atoms with Gasteiger partial charge in [0.25, 0.3) is 0 Å². The van der Waals surface area contributed by atoms with Crippen LogP contribution in [0.1, 0.15) is 5.56 Å². The van der Waals surface area contributed by atoms with Gasteiger partial charge in [0.15, 0.2) is 5.58 Å². The predicted molar refractivity (Wildman–Crippen MR) is 64.2 cm³/mol. The Labute approximate surface area is 97.3 Å². The van der Waals surface area contributed by atoms with E-state index in [9.17, 15) is 0 Å². The molecule has 1 aromatic carbocycles. The molecule has 2 N–H and O–H groups in total. The molecule has 17 heavy (non-hydrogen) atoms. The lowest BCUT2D eigenvalue weighted by atomic mass is 10.2. The van der Waals surface area contributed by atoms with Gasteiger partial charge in [-0.15, -0.1) is 0 Å². The first-order valence-corrected chi connectivity index (χ1v) is 5.17. The summed E-state index contributed by atoms with van der Waals surface area (Å²) in [6.45, 7) is 2.01. The minimum atomic E-state index is 0.237. The van der Waals surface area contributed by atoms with Crippen LogP contribution in [0.5, 0.6) is 0 Å². The SMILES string of the molecule is Cc1ccc2nc(-c3cnc(N)nc3)oc2c1. The zero-order valence-electron chi connectivity index (χ0n) is 9.21. The lowest BCUT2D eigenvalue weighted by Crippen LogP contribution is -1.93. The van der Waals surface area contributed by atoms with Crippen LogP contribution in [0, 0.1) is 6.92 Å². The van der Waals surface area contributed by atoms with Gasteiger partial charge < -0.3 is 10.2 Å². The molecule has 5 heteroatoms. The molecular weight excluding hydrogens is 216 g/mol. The maximum Gasteiger partial charge on any atom is 0.230 e. The van der Waals surface area contributed by atoms with Crippen molar-refractivity contribution in [2.24, 2.45) is 0 Å². The fraction of sp³-hybridized carbons (Fsp3) is 0.0833. The molecule has 0 saturated carbocycles. The van der Waals surface area contributed by atoms with E-state index >= 15 is 0 Å². The van der Waals surface area contributed by atoms with E-state index in [1.165, 1.54) is 0 Å². The van der Waals surface area contributed by atoms with Gasteiger partial charge in [0.05, 0.1) is 5.56 Å². The molecule has 0 unspecified atom stereocenters. The number of benzene rings is 1. The van der Waals surface area contributed by atoms with Crippen molar-refractivity contribution in [1.82, 2.24) is 15.0 Å². The normalized spacial score (nSPS) is 10.9. The van der Waals surface area contributed by atoms with E-state index in [4.69, 9.17) is 10.2 Å². The van der Waals surface area contributed by atoms with Crippen LogP contribution in [0.4, 0.5) is 5.95 Å². The first-order chi connectivity index (χ1) is 8.22. The van der Waals surface area contributed by atoms with Crippen LogP contribution in [0.2, 0.25) is 0 Å². The Hall–Kier alpha value is -2.43. The molecule has 84 valence electrons. The third kappa shape index (κ3) is 1.71. The average Bonchev–Trinajstić information content (AvgIpc) is 2.72. The van der Waals surface area contributed by atoms with Gasteiger partial charge in [-0.05, 0) is 24.6 Å². The maximum atomic E-state index is 5.64. The molecule has 0 atom stereocenters. The first-order valence-electron chi connectivity index (χ1n) is 5.17. The van der Waals surface area contributed by atoms with E-state index in [0.717, 1.165) is 16.7 Å². The zero-order chi connectivity index (χ0) is 11.8. The maximum absolute atomic E-state index is 5.64. The highest BCUT2D eigenvalue weighted by atomic mass is 16.3. The third-order valence-electron chi connectivity index (χ3n) is 2.46. The molecule has 3 aromatic rings. The van der Waals surface area contributed by atoms with Crippen LogP contribution in [-0.4, -0.2) is 15.0 Å². The van der Waals surface area contributed by atoms with Crippen molar-refractivity contribution in [1.29, 1.82) is 0 Å². The molecule has 0 spiro atoms. The van der Waals surface area contributed by atoms with Crippen LogP contribution >= 0.6 is 0 Å². The minimum absolute atomic E-state index is 0.237. The van der Waals surface area contributed by atoms with Crippen LogP contribution < -0.4 is 5.73 Å². The lowest BCUT2D eigenvalue weighted by Gasteiger charge is -1.93. The third-order valence-corrected chi connectivity index (χ3v) is 2.46. The zero-order valence-corrected chi connectivity index (χ0v) is 9.21.